The number of nitrogens with zero attached hydrogens (tertiary/aromatic N) is 5. The molecule has 4 N–H and O–H groups in total. The Kier molecular flexibility index (Phi) is 8.05. The number of benzene rings is 2. The standard InChI is InChI=1S/C33H34FN9O/c1-42(2)9-8-36-24-11-20(10-23(34)14-24)26-6-5-7-29-27(26)15-30(39-29)32-28-13-22(17-37-33(28)41-40-32)21-12-25(18-35-16-21)38-31(44)19-43(3)4/h5-7,10-18,36,39H,8-9,19H2,1-4H3,(H,38,44)(H,37,40,41). The Bertz CT molecular complexity index is 1960. The summed E-state index contributed by atoms with van der Waals surface area (Å²) in [5.41, 5.74) is 7.81. The van der Waals surface area contributed by atoms with E-state index in [9.17, 15) is 9.18 Å². The van der Waals surface area contributed by atoms with Crippen molar-refractivity contribution in [2.24, 2.45) is 0 Å². The normalized spacial score (nSPS) is 11.6. The Hall–Kier alpha value is -5.13. The number of likely N-dealkylation sites (N-methyl/N-ethyl adjacent to an activating group) is 2. The van der Waals surface area contributed by atoms with Crippen LogP contribution in [0.15, 0.2) is 73.2 Å². The lowest BCUT2D eigenvalue weighted by atomic mass is 10.0. The molecule has 0 saturated carbocycles. The number of pyridine rings is 2. The van der Waals surface area contributed by atoms with Crippen molar-refractivity contribution in [3.05, 3.63) is 79.0 Å². The largest absolute Gasteiger partial charge is 0.384 e. The van der Waals surface area contributed by atoms with Crippen molar-refractivity contribution in [2.45, 2.75) is 0 Å². The number of anilines is 2. The van der Waals surface area contributed by atoms with Crippen LogP contribution in [0.25, 0.3) is 55.6 Å². The van der Waals surface area contributed by atoms with Gasteiger partial charge in [0.05, 0.1) is 29.8 Å². The van der Waals surface area contributed by atoms with Gasteiger partial charge in [0.1, 0.15) is 5.82 Å². The van der Waals surface area contributed by atoms with E-state index in [0.29, 0.717) is 17.9 Å². The average Bonchev–Trinajstić information content (AvgIpc) is 3.60. The quantitative estimate of drug-likeness (QED) is 0.167. The highest BCUT2D eigenvalue weighted by molar-refractivity contribution is 6.01. The summed E-state index contributed by atoms with van der Waals surface area (Å²) in [6, 6.07) is 17.0. The van der Waals surface area contributed by atoms with Crippen LogP contribution in [0.3, 0.4) is 0 Å². The number of carbonyl (C=O) groups excluding carboxylic acids is 1. The molecule has 224 valence electrons. The predicted molar refractivity (Wildman–Crippen MR) is 174 cm³/mol. The molecule has 4 heterocycles. The first-order valence-corrected chi connectivity index (χ1v) is 14.3. The fourth-order valence-electron chi connectivity index (χ4n) is 5.23. The molecule has 0 bridgehead atoms. The van der Waals surface area contributed by atoms with Gasteiger partial charge in [-0.05, 0) is 81.8 Å². The molecule has 1 amide bonds. The minimum absolute atomic E-state index is 0.118. The summed E-state index contributed by atoms with van der Waals surface area (Å²) < 4.78 is 14.7. The van der Waals surface area contributed by atoms with Gasteiger partial charge in [-0.15, -0.1) is 0 Å². The predicted octanol–water partition coefficient (Wildman–Crippen LogP) is 5.45. The monoisotopic (exact) mass is 591 g/mol. The van der Waals surface area contributed by atoms with E-state index in [2.05, 4.69) is 46.7 Å². The number of aromatic amines is 2. The van der Waals surface area contributed by atoms with Crippen molar-refractivity contribution in [3.8, 4) is 33.6 Å². The van der Waals surface area contributed by atoms with Crippen molar-refractivity contribution >= 4 is 39.2 Å². The fraction of sp³-hybridized carbons (Fsp3) is 0.212. The van der Waals surface area contributed by atoms with E-state index in [1.807, 2.05) is 64.6 Å². The maximum atomic E-state index is 14.7. The van der Waals surface area contributed by atoms with Crippen LogP contribution >= 0.6 is 0 Å². The maximum absolute atomic E-state index is 14.7. The minimum atomic E-state index is -0.295. The molecule has 0 atom stereocenters. The number of hydrogen-bond donors (Lipinski definition) is 4. The first kappa shape index (κ1) is 29.0. The molecular weight excluding hydrogens is 557 g/mol. The smallest absolute Gasteiger partial charge is 0.238 e. The molecule has 0 fully saturated rings. The third kappa shape index (κ3) is 6.29. The molecular formula is C33H34FN9O. The van der Waals surface area contributed by atoms with E-state index < -0.39 is 0 Å². The topological polar surface area (TPSA) is 118 Å². The van der Waals surface area contributed by atoms with Gasteiger partial charge >= 0.3 is 0 Å². The lowest BCUT2D eigenvalue weighted by Gasteiger charge is -2.13. The van der Waals surface area contributed by atoms with Crippen LogP contribution in [0.1, 0.15) is 0 Å². The number of H-pyrrole nitrogens is 2. The van der Waals surface area contributed by atoms with E-state index in [1.54, 1.807) is 29.6 Å². The van der Waals surface area contributed by atoms with Gasteiger partial charge in [-0.25, -0.2) is 9.37 Å². The van der Waals surface area contributed by atoms with E-state index >= 15 is 0 Å². The van der Waals surface area contributed by atoms with Crippen molar-refractivity contribution < 1.29 is 9.18 Å². The van der Waals surface area contributed by atoms with Crippen LogP contribution in [0.2, 0.25) is 0 Å². The van der Waals surface area contributed by atoms with Gasteiger partial charge in [-0.1, -0.05) is 12.1 Å². The maximum Gasteiger partial charge on any atom is 0.238 e. The molecule has 0 radical (unpaired) electrons. The van der Waals surface area contributed by atoms with Gasteiger partial charge in [0.15, 0.2) is 5.65 Å². The minimum Gasteiger partial charge on any atom is -0.384 e. The summed E-state index contributed by atoms with van der Waals surface area (Å²) in [7, 11) is 7.70. The number of carbonyl (C=O) groups is 1. The summed E-state index contributed by atoms with van der Waals surface area (Å²) in [5, 5.41) is 15.6. The van der Waals surface area contributed by atoms with Crippen LogP contribution in [0.5, 0.6) is 0 Å². The van der Waals surface area contributed by atoms with Crippen molar-refractivity contribution in [1.29, 1.82) is 0 Å². The molecule has 6 aromatic rings. The number of halogens is 1. The second-order valence-electron chi connectivity index (χ2n) is 11.4. The number of amides is 1. The molecule has 44 heavy (non-hydrogen) atoms. The Labute approximate surface area is 254 Å². The van der Waals surface area contributed by atoms with E-state index in [4.69, 9.17) is 0 Å². The molecule has 0 aliphatic carbocycles. The zero-order chi connectivity index (χ0) is 30.8. The number of aromatic nitrogens is 5. The number of hydrogen-bond acceptors (Lipinski definition) is 7. The highest BCUT2D eigenvalue weighted by Crippen LogP contribution is 2.36. The summed E-state index contributed by atoms with van der Waals surface area (Å²) in [6.45, 7) is 1.83. The Morgan fingerprint density at radius 2 is 1.70 bits per heavy atom. The number of rotatable bonds is 10. The van der Waals surface area contributed by atoms with Crippen LogP contribution in [-0.2, 0) is 4.79 Å². The number of fused-ring (bicyclic) bond motifs is 2. The van der Waals surface area contributed by atoms with Gasteiger partial charge in [0.2, 0.25) is 5.91 Å². The molecule has 0 aliphatic rings. The molecule has 10 nitrogen and oxygen atoms in total. The van der Waals surface area contributed by atoms with Crippen LogP contribution in [-0.4, -0.2) is 88.7 Å². The summed E-state index contributed by atoms with van der Waals surface area (Å²) in [6.07, 6.45) is 5.10. The molecule has 0 unspecified atom stereocenters. The second-order valence-corrected chi connectivity index (χ2v) is 11.4. The lowest BCUT2D eigenvalue weighted by molar-refractivity contribution is -0.116. The second kappa shape index (κ2) is 12.2. The van der Waals surface area contributed by atoms with Gasteiger partial charge < -0.3 is 25.4 Å². The third-order valence-corrected chi connectivity index (χ3v) is 7.26. The fourth-order valence-corrected chi connectivity index (χ4v) is 5.23. The van der Waals surface area contributed by atoms with Gasteiger partial charge in [-0.2, -0.15) is 5.10 Å². The summed E-state index contributed by atoms with van der Waals surface area (Å²) in [5.74, 6) is -0.413. The van der Waals surface area contributed by atoms with Crippen molar-refractivity contribution in [3.63, 3.8) is 0 Å². The van der Waals surface area contributed by atoms with Crippen molar-refractivity contribution in [2.75, 3.05) is 58.5 Å². The zero-order valence-electron chi connectivity index (χ0n) is 25.1. The van der Waals surface area contributed by atoms with E-state index in [1.165, 1.54) is 6.07 Å². The zero-order valence-corrected chi connectivity index (χ0v) is 25.1. The van der Waals surface area contributed by atoms with Gasteiger partial charge in [0, 0.05) is 58.6 Å². The van der Waals surface area contributed by atoms with Gasteiger partial charge in [-0.3, -0.25) is 14.9 Å². The third-order valence-electron chi connectivity index (χ3n) is 7.26. The van der Waals surface area contributed by atoms with Crippen LogP contribution in [0.4, 0.5) is 15.8 Å². The summed E-state index contributed by atoms with van der Waals surface area (Å²) >= 11 is 0. The van der Waals surface area contributed by atoms with Crippen molar-refractivity contribution in [1.82, 2.24) is 34.9 Å². The van der Waals surface area contributed by atoms with Crippen LogP contribution < -0.4 is 10.6 Å². The molecule has 4 aromatic heterocycles. The highest BCUT2D eigenvalue weighted by atomic mass is 19.1. The summed E-state index contributed by atoms with van der Waals surface area (Å²) in [4.78, 5) is 28.6. The molecule has 0 saturated heterocycles. The molecule has 2 aromatic carbocycles. The average molecular weight is 592 g/mol. The van der Waals surface area contributed by atoms with E-state index in [-0.39, 0.29) is 18.3 Å². The Morgan fingerprint density at radius 1 is 0.886 bits per heavy atom. The first-order chi connectivity index (χ1) is 21.2. The first-order valence-electron chi connectivity index (χ1n) is 14.3. The highest BCUT2D eigenvalue weighted by Gasteiger charge is 2.16. The lowest BCUT2D eigenvalue weighted by Crippen LogP contribution is -2.27. The Morgan fingerprint density at radius 3 is 2.52 bits per heavy atom. The molecule has 0 spiro atoms. The molecule has 0 aliphatic heterocycles. The van der Waals surface area contributed by atoms with E-state index in [0.717, 1.165) is 62.2 Å². The molecule has 6 rings (SSSR count). The van der Waals surface area contributed by atoms with Crippen LogP contribution in [0, 0.1) is 5.82 Å². The number of nitrogens with one attached hydrogen (secondary N) is 4. The van der Waals surface area contributed by atoms with Gasteiger partial charge in [0.25, 0.3) is 0 Å². The SMILES string of the molecule is CN(C)CCNc1cc(F)cc(-c2cccc3[nH]c(-c4[nH]nc5ncc(-c6cncc(NC(=O)CN(C)C)c6)cc45)cc23)c1. The molecule has 11 heteroatoms. The Balaban J connectivity index is 1.33.